The van der Waals surface area contributed by atoms with Crippen molar-refractivity contribution in [2.45, 2.75) is 62.7 Å². The molecule has 2 saturated heterocycles. The van der Waals surface area contributed by atoms with Gasteiger partial charge in [0.05, 0.1) is 36.4 Å². The van der Waals surface area contributed by atoms with Gasteiger partial charge in [-0.15, -0.1) is 0 Å². The van der Waals surface area contributed by atoms with E-state index >= 15 is 0 Å². The van der Waals surface area contributed by atoms with Gasteiger partial charge in [-0.1, -0.05) is 0 Å². The molecule has 0 bridgehead atoms. The Morgan fingerprint density at radius 2 is 2.11 bits per heavy atom. The average molecular weight is 524 g/mol. The summed E-state index contributed by atoms with van der Waals surface area (Å²) >= 11 is 0. The van der Waals surface area contributed by atoms with Gasteiger partial charge in [0.1, 0.15) is 23.9 Å². The number of rotatable bonds is 8. The van der Waals surface area contributed by atoms with Crippen LogP contribution >= 0.6 is 0 Å². The highest BCUT2D eigenvalue weighted by molar-refractivity contribution is 5.93. The number of methoxy groups -OCH3 is 1. The third-order valence-corrected chi connectivity index (χ3v) is 7.79. The fourth-order valence-electron chi connectivity index (χ4n) is 5.40. The number of nitrogens with one attached hydrogen (secondary N) is 2. The first-order valence-electron chi connectivity index (χ1n) is 13.3. The third-order valence-electron chi connectivity index (χ3n) is 7.79. The molecule has 1 aliphatic carbocycles. The van der Waals surface area contributed by atoms with Crippen LogP contribution < -0.4 is 19.7 Å². The predicted molar refractivity (Wildman–Crippen MR) is 138 cm³/mol. The van der Waals surface area contributed by atoms with Crippen LogP contribution in [-0.4, -0.2) is 87.8 Å². The number of hydrogen-bond donors (Lipinski definition) is 3. The highest BCUT2D eigenvalue weighted by atomic mass is 16.5. The molecular weight excluding hydrogens is 490 g/mol. The number of anilines is 1. The molecule has 202 valence electrons. The number of aromatic amines is 1. The summed E-state index contributed by atoms with van der Waals surface area (Å²) in [6, 6.07) is 3.47. The van der Waals surface area contributed by atoms with Gasteiger partial charge in [-0.2, -0.15) is 15.1 Å². The number of fused-ring (bicyclic) bond motifs is 1. The van der Waals surface area contributed by atoms with Crippen molar-refractivity contribution in [1.29, 1.82) is 0 Å². The first-order chi connectivity index (χ1) is 18.6. The number of hydrogen-bond acceptors (Lipinski definition) is 10. The number of ether oxygens (including phenoxy) is 3. The smallest absolute Gasteiger partial charge is 0.319 e. The summed E-state index contributed by atoms with van der Waals surface area (Å²) < 4.78 is 17.1. The number of amides is 1. The summed E-state index contributed by atoms with van der Waals surface area (Å²) in [7, 11) is 1.65. The lowest BCUT2D eigenvalue weighted by molar-refractivity contribution is 0.0444. The minimum atomic E-state index is -0.512. The zero-order chi connectivity index (χ0) is 26.1. The van der Waals surface area contributed by atoms with Gasteiger partial charge in [0.25, 0.3) is 5.91 Å². The highest BCUT2D eigenvalue weighted by Gasteiger charge is 2.32. The van der Waals surface area contributed by atoms with Gasteiger partial charge in [-0.3, -0.25) is 9.89 Å². The maximum Gasteiger partial charge on any atom is 0.319 e. The number of aliphatic hydroxyl groups is 1. The minimum absolute atomic E-state index is 0.0103. The number of aromatic nitrogens is 5. The second-order valence-corrected chi connectivity index (χ2v) is 10.2. The zero-order valence-corrected chi connectivity index (χ0v) is 21.4. The normalized spacial score (nSPS) is 23.8. The van der Waals surface area contributed by atoms with Crippen molar-refractivity contribution in [2.24, 2.45) is 0 Å². The lowest BCUT2D eigenvalue weighted by atomic mass is 9.89. The Morgan fingerprint density at radius 3 is 2.82 bits per heavy atom. The number of pyridine rings is 1. The molecule has 3 aromatic heterocycles. The maximum absolute atomic E-state index is 13.0. The fraction of sp³-hybridized carbons (Fsp3) is 0.577. The standard InChI is InChI=1S/C26H33N7O5/c1-36-20-6-9-27-24-22(20)23(31-32-24)15-7-10-33(11-8-15)21-13-18(25(35)28-17-4-5-19(17)34)29-26(30-21)38-14-16-3-2-12-37-16/h6,9,13,15-17,19,34H,2-5,7-8,10-12,14H2,1H3,(H,28,35)(H,27,31,32)/t16?,17-,19+/m1/s1. The molecule has 0 spiro atoms. The summed E-state index contributed by atoms with van der Waals surface area (Å²) in [5.41, 5.74) is 1.92. The van der Waals surface area contributed by atoms with Gasteiger partial charge in [0.15, 0.2) is 5.65 Å². The van der Waals surface area contributed by atoms with E-state index in [-0.39, 0.29) is 35.7 Å². The summed E-state index contributed by atoms with van der Waals surface area (Å²) in [5, 5.41) is 21.3. The molecule has 6 rings (SSSR count). The van der Waals surface area contributed by atoms with Crippen LogP contribution in [0.25, 0.3) is 11.0 Å². The highest BCUT2D eigenvalue weighted by Crippen LogP contribution is 2.36. The van der Waals surface area contributed by atoms with E-state index in [1.165, 1.54) is 0 Å². The van der Waals surface area contributed by atoms with Crippen LogP contribution in [0.5, 0.6) is 11.8 Å². The predicted octanol–water partition coefficient (Wildman–Crippen LogP) is 1.95. The quantitative estimate of drug-likeness (QED) is 0.400. The van der Waals surface area contributed by atoms with Crippen molar-refractivity contribution in [1.82, 2.24) is 30.5 Å². The molecule has 3 aromatic rings. The minimum Gasteiger partial charge on any atom is -0.496 e. The van der Waals surface area contributed by atoms with Crippen LogP contribution in [0.15, 0.2) is 18.3 Å². The van der Waals surface area contributed by atoms with Gasteiger partial charge in [-0.25, -0.2) is 4.98 Å². The van der Waals surface area contributed by atoms with E-state index in [9.17, 15) is 9.90 Å². The molecule has 12 nitrogen and oxygen atoms in total. The van der Waals surface area contributed by atoms with Crippen LogP contribution in [0.3, 0.4) is 0 Å². The molecule has 0 radical (unpaired) electrons. The van der Waals surface area contributed by atoms with E-state index in [1.54, 1.807) is 19.4 Å². The lowest BCUT2D eigenvalue weighted by Crippen LogP contribution is -2.50. The summed E-state index contributed by atoms with van der Waals surface area (Å²) in [5.74, 6) is 1.33. The third kappa shape index (κ3) is 4.97. The average Bonchev–Trinajstić information content (AvgIpc) is 3.64. The Labute approximate surface area is 220 Å². The fourth-order valence-corrected chi connectivity index (χ4v) is 5.40. The Morgan fingerprint density at radius 1 is 1.24 bits per heavy atom. The van der Waals surface area contributed by atoms with Crippen LogP contribution in [0.2, 0.25) is 0 Å². The van der Waals surface area contributed by atoms with E-state index in [2.05, 4.69) is 35.4 Å². The Kier molecular flexibility index (Phi) is 6.98. The second kappa shape index (κ2) is 10.7. The Bertz CT molecular complexity index is 1290. The summed E-state index contributed by atoms with van der Waals surface area (Å²) in [6.07, 6.45) is 6.31. The molecule has 3 fully saturated rings. The van der Waals surface area contributed by atoms with Crippen molar-refractivity contribution >= 4 is 22.8 Å². The molecule has 5 heterocycles. The van der Waals surface area contributed by atoms with Crippen LogP contribution in [0, 0.1) is 0 Å². The molecule has 0 aromatic carbocycles. The molecular formula is C26H33N7O5. The molecule has 3 aliphatic rings. The number of piperidine rings is 1. The van der Waals surface area contributed by atoms with Gasteiger partial charge in [0.2, 0.25) is 0 Å². The maximum atomic E-state index is 13.0. The molecule has 1 amide bonds. The Hall–Kier alpha value is -3.51. The number of carbonyl (C=O) groups excluding carboxylic acids is 1. The van der Waals surface area contributed by atoms with E-state index in [1.807, 2.05) is 6.07 Å². The van der Waals surface area contributed by atoms with Crippen molar-refractivity contribution in [3.63, 3.8) is 0 Å². The Balaban J connectivity index is 1.19. The van der Waals surface area contributed by atoms with E-state index in [4.69, 9.17) is 14.2 Å². The van der Waals surface area contributed by atoms with Crippen LogP contribution in [-0.2, 0) is 4.74 Å². The van der Waals surface area contributed by atoms with Gasteiger partial charge in [-0.05, 0) is 44.6 Å². The molecule has 2 aliphatic heterocycles. The molecule has 1 unspecified atom stereocenters. The number of H-pyrrole nitrogens is 1. The number of nitrogens with zero attached hydrogens (tertiary/aromatic N) is 5. The topological polar surface area (TPSA) is 148 Å². The van der Waals surface area contributed by atoms with Crippen LogP contribution in [0.1, 0.15) is 60.6 Å². The van der Waals surface area contributed by atoms with Gasteiger partial charge in [0, 0.05) is 37.9 Å². The van der Waals surface area contributed by atoms with Gasteiger partial charge >= 0.3 is 6.01 Å². The van der Waals surface area contributed by atoms with Crippen molar-refractivity contribution in [3.8, 4) is 11.8 Å². The molecule has 1 saturated carbocycles. The largest absolute Gasteiger partial charge is 0.496 e. The van der Waals surface area contributed by atoms with E-state index in [0.717, 1.165) is 68.6 Å². The lowest BCUT2D eigenvalue weighted by Gasteiger charge is -2.33. The van der Waals surface area contributed by atoms with Crippen molar-refractivity contribution < 1.29 is 24.1 Å². The number of carbonyl (C=O) groups is 1. The molecule has 38 heavy (non-hydrogen) atoms. The summed E-state index contributed by atoms with van der Waals surface area (Å²) in [4.78, 5) is 28.5. The van der Waals surface area contributed by atoms with E-state index < -0.39 is 6.10 Å². The molecule has 12 heteroatoms. The van der Waals surface area contributed by atoms with Crippen molar-refractivity contribution in [2.75, 3.05) is 38.3 Å². The molecule has 3 N–H and O–H groups in total. The van der Waals surface area contributed by atoms with Crippen LogP contribution in [0.4, 0.5) is 5.82 Å². The molecule has 3 atom stereocenters. The van der Waals surface area contributed by atoms with E-state index in [0.29, 0.717) is 24.5 Å². The SMILES string of the molecule is COc1ccnc2n[nH]c(C3CCN(c4cc(C(=O)N[C@@H]5CC[C@@H]5O)nc(OCC5CCCO5)n4)CC3)c12. The second-order valence-electron chi connectivity index (χ2n) is 10.2. The van der Waals surface area contributed by atoms with Crippen molar-refractivity contribution in [3.05, 3.63) is 29.7 Å². The monoisotopic (exact) mass is 523 g/mol. The first-order valence-corrected chi connectivity index (χ1v) is 13.3. The number of aliphatic hydroxyl groups excluding tert-OH is 1. The summed E-state index contributed by atoms with van der Waals surface area (Å²) in [6.45, 7) is 2.54. The first kappa shape index (κ1) is 24.8. The van der Waals surface area contributed by atoms with Gasteiger partial charge < -0.3 is 29.5 Å². The zero-order valence-electron chi connectivity index (χ0n) is 21.4.